The molecule has 1 amide bonds. The Morgan fingerprint density at radius 1 is 1.53 bits per heavy atom. The molecule has 0 aromatic rings. The highest BCUT2D eigenvalue weighted by molar-refractivity contribution is 5.79. The number of amides is 1. The van der Waals surface area contributed by atoms with Gasteiger partial charge in [0.1, 0.15) is 0 Å². The van der Waals surface area contributed by atoms with E-state index in [-0.39, 0.29) is 11.8 Å². The summed E-state index contributed by atoms with van der Waals surface area (Å²) in [5.74, 6) is 0.781. The Balaban J connectivity index is 2.36. The third-order valence-electron chi connectivity index (χ3n) is 3.60. The van der Waals surface area contributed by atoms with E-state index in [0.29, 0.717) is 18.9 Å². The molecule has 3 unspecified atom stereocenters. The molecule has 1 saturated carbocycles. The van der Waals surface area contributed by atoms with Gasteiger partial charge in [-0.05, 0) is 32.1 Å². The average Bonchev–Trinajstić information content (AvgIpc) is 2.61. The zero-order valence-electron chi connectivity index (χ0n) is 10.0. The van der Waals surface area contributed by atoms with Gasteiger partial charge >= 0.3 is 0 Å². The van der Waals surface area contributed by atoms with Crippen LogP contribution in [0.25, 0.3) is 0 Å². The van der Waals surface area contributed by atoms with Crippen molar-refractivity contribution in [2.75, 3.05) is 6.54 Å². The van der Waals surface area contributed by atoms with E-state index < -0.39 is 5.60 Å². The van der Waals surface area contributed by atoms with Crippen LogP contribution in [0, 0.1) is 11.8 Å². The summed E-state index contributed by atoms with van der Waals surface area (Å²) in [6.45, 7) is 6.18. The lowest BCUT2D eigenvalue weighted by molar-refractivity contribution is -0.127. The van der Waals surface area contributed by atoms with Crippen LogP contribution in [0.2, 0.25) is 0 Å². The van der Waals surface area contributed by atoms with Gasteiger partial charge in [-0.3, -0.25) is 4.79 Å². The van der Waals surface area contributed by atoms with Crippen molar-refractivity contribution in [2.24, 2.45) is 11.8 Å². The fourth-order valence-electron chi connectivity index (χ4n) is 2.07. The second kappa shape index (κ2) is 4.97. The number of aliphatic hydroxyl groups is 1. The minimum atomic E-state index is -0.766. The van der Waals surface area contributed by atoms with Gasteiger partial charge in [-0.15, -0.1) is 0 Å². The zero-order valence-corrected chi connectivity index (χ0v) is 10.0. The molecule has 3 nitrogen and oxygen atoms in total. The van der Waals surface area contributed by atoms with Crippen LogP contribution in [0.15, 0.2) is 0 Å². The fourth-order valence-corrected chi connectivity index (χ4v) is 2.07. The lowest BCUT2D eigenvalue weighted by atomic mass is 9.96. The molecule has 88 valence electrons. The molecule has 0 bridgehead atoms. The second-order valence-corrected chi connectivity index (χ2v) is 5.08. The smallest absolute Gasteiger partial charge is 0.223 e. The molecule has 0 saturated heterocycles. The van der Waals surface area contributed by atoms with Crippen LogP contribution in [0.4, 0.5) is 0 Å². The Bertz CT molecular complexity index is 226. The van der Waals surface area contributed by atoms with Gasteiger partial charge in [-0.25, -0.2) is 0 Å². The Morgan fingerprint density at radius 2 is 2.20 bits per heavy atom. The number of carbonyl (C=O) groups is 1. The molecule has 15 heavy (non-hydrogen) atoms. The molecular formula is C12H23NO2. The van der Waals surface area contributed by atoms with Crippen molar-refractivity contribution < 1.29 is 9.90 Å². The highest BCUT2D eigenvalue weighted by atomic mass is 16.3. The van der Waals surface area contributed by atoms with Crippen LogP contribution in [-0.2, 0) is 4.79 Å². The summed E-state index contributed by atoms with van der Waals surface area (Å²) < 4.78 is 0. The van der Waals surface area contributed by atoms with Gasteiger partial charge in [0, 0.05) is 12.5 Å². The van der Waals surface area contributed by atoms with Gasteiger partial charge in [0.05, 0.1) is 5.60 Å². The second-order valence-electron chi connectivity index (χ2n) is 5.08. The number of carbonyl (C=O) groups excluding carboxylic acids is 1. The van der Waals surface area contributed by atoms with E-state index in [1.54, 1.807) is 6.92 Å². The first kappa shape index (κ1) is 12.5. The van der Waals surface area contributed by atoms with Gasteiger partial charge in [0.25, 0.3) is 0 Å². The summed E-state index contributed by atoms with van der Waals surface area (Å²) in [5.41, 5.74) is -0.766. The number of hydrogen-bond donors (Lipinski definition) is 2. The lowest BCUT2D eigenvalue weighted by Gasteiger charge is -2.23. The lowest BCUT2D eigenvalue weighted by Crippen LogP contribution is -2.42. The maximum atomic E-state index is 11.8. The Kier molecular flexibility index (Phi) is 4.14. The number of hydrogen-bond acceptors (Lipinski definition) is 2. The molecular weight excluding hydrogens is 190 g/mol. The molecule has 0 aromatic heterocycles. The molecule has 2 N–H and O–H groups in total. The monoisotopic (exact) mass is 213 g/mol. The van der Waals surface area contributed by atoms with Crippen LogP contribution in [0.1, 0.15) is 46.5 Å². The third kappa shape index (κ3) is 3.49. The first-order valence-electron chi connectivity index (χ1n) is 5.96. The predicted molar refractivity (Wildman–Crippen MR) is 60.4 cm³/mol. The minimum absolute atomic E-state index is 0.119. The van der Waals surface area contributed by atoms with E-state index in [1.165, 1.54) is 0 Å². The Labute approximate surface area is 92.3 Å². The van der Waals surface area contributed by atoms with Crippen LogP contribution >= 0.6 is 0 Å². The molecule has 3 heteroatoms. The standard InChI is InChI=1S/C12H23NO2/c1-4-12(3,15)8-13-11(14)10-7-5-6-9(10)2/h9-10,15H,4-8H2,1-3H3,(H,13,14). The van der Waals surface area contributed by atoms with Crippen molar-refractivity contribution in [3.05, 3.63) is 0 Å². The summed E-state index contributed by atoms with van der Waals surface area (Å²) in [5, 5.41) is 12.6. The maximum absolute atomic E-state index is 11.8. The van der Waals surface area contributed by atoms with Crippen molar-refractivity contribution in [1.29, 1.82) is 0 Å². The van der Waals surface area contributed by atoms with E-state index in [1.807, 2.05) is 6.92 Å². The van der Waals surface area contributed by atoms with Crippen molar-refractivity contribution in [3.8, 4) is 0 Å². The molecule has 1 fully saturated rings. The highest BCUT2D eigenvalue weighted by Gasteiger charge is 2.30. The molecule has 0 radical (unpaired) electrons. The molecule has 0 aromatic carbocycles. The SMILES string of the molecule is CCC(C)(O)CNC(=O)C1CCCC1C. The van der Waals surface area contributed by atoms with E-state index in [0.717, 1.165) is 19.3 Å². The van der Waals surface area contributed by atoms with Crippen molar-refractivity contribution in [2.45, 2.75) is 52.1 Å². The topological polar surface area (TPSA) is 49.3 Å². The van der Waals surface area contributed by atoms with E-state index in [9.17, 15) is 9.90 Å². The van der Waals surface area contributed by atoms with E-state index in [4.69, 9.17) is 0 Å². The fraction of sp³-hybridized carbons (Fsp3) is 0.917. The molecule has 3 atom stereocenters. The summed E-state index contributed by atoms with van der Waals surface area (Å²) in [7, 11) is 0. The first-order valence-corrected chi connectivity index (χ1v) is 5.96. The van der Waals surface area contributed by atoms with Gasteiger partial charge in [-0.1, -0.05) is 20.3 Å². The largest absolute Gasteiger partial charge is 0.388 e. The average molecular weight is 213 g/mol. The Morgan fingerprint density at radius 3 is 2.67 bits per heavy atom. The summed E-state index contributed by atoms with van der Waals surface area (Å²) in [6.07, 6.45) is 3.97. The van der Waals surface area contributed by atoms with Gasteiger partial charge in [0.2, 0.25) is 5.91 Å². The normalized spacial score (nSPS) is 29.9. The van der Waals surface area contributed by atoms with Crippen LogP contribution in [0.3, 0.4) is 0 Å². The maximum Gasteiger partial charge on any atom is 0.223 e. The molecule has 0 spiro atoms. The molecule has 0 heterocycles. The summed E-state index contributed by atoms with van der Waals surface area (Å²) in [4.78, 5) is 11.8. The molecule has 1 rings (SSSR count). The predicted octanol–water partition coefficient (Wildman–Crippen LogP) is 1.70. The number of nitrogens with one attached hydrogen (secondary N) is 1. The van der Waals surface area contributed by atoms with Gasteiger partial charge in [0.15, 0.2) is 0 Å². The Hall–Kier alpha value is -0.570. The molecule has 0 aliphatic heterocycles. The quantitative estimate of drug-likeness (QED) is 0.746. The van der Waals surface area contributed by atoms with Crippen molar-refractivity contribution in [3.63, 3.8) is 0 Å². The summed E-state index contributed by atoms with van der Waals surface area (Å²) in [6, 6.07) is 0. The van der Waals surface area contributed by atoms with E-state index >= 15 is 0 Å². The van der Waals surface area contributed by atoms with Crippen LogP contribution in [0.5, 0.6) is 0 Å². The van der Waals surface area contributed by atoms with Crippen LogP contribution < -0.4 is 5.32 Å². The van der Waals surface area contributed by atoms with Gasteiger partial charge in [-0.2, -0.15) is 0 Å². The van der Waals surface area contributed by atoms with Crippen molar-refractivity contribution >= 4 is 5.91 Å². The molecule has 1 aliphatic carbocycles. The van der Waals surface area contributed by atoms with E-state index in [2.05, 4.69) is 12.2 Å². The van der Waals surface area contributed by atoms with Gasteiger partial charge < -0.3 is 10.4 Å². The molecule has 1 aliphatic rings. The van der Waals surface area contributed by atoms with Crippen LogP contribution in [-0.4, -0.2) is 23.2 Å². The minimum Gasteiger partial charge on any atom is -0.388 e. The zero-order chi connectivity index (χ0) is 11.5. The highest BCUT2D eigenvalue weighted by Crippen LogP contribution is 2.31. The first-order chi connectivity index (χ1) is 6.96. The summed E-state index contributed by atoms with van der Waals surface area (Å²) >= 11 is 0. The third-order valence-corrected chi connectivity index (χ3v) is 3.60. The van der Waals surface area contributed by atoms with Crippen molar-refractivity contribution in [1.82, 2.24) is 5.32 Å². The number of rotatable bonds is 4.